The van der Waals surface area contributed by atoms with Crippen molar-refractivity contribution in [3.05, 3.63) is 47.5 Å². The number of hydrogen-bond donors (Lipinski definition) is 0. The van der Waals surface area contributed by atoms with E-state index in [-0.39, 0.29) is 0 Å². The van der Waals surface area contributed by atoms with Crippen molar-refractivity contribution in [2.75, 3.05) is 13.2 Å². The SMILES string of the molecule is CCCOCCCCc1ccc2cc(C=O)ccc2c1. The first-order chi connectivity index (χ1) is 9.83. The molecule has 0 saturated heterocycles. The molecule has 0 aliphatic carbocycles. The van der Waals surface area contributed by atoms with Gasteiger partial charge < -0.3 is 4.74 Å². The average Bonchev–Trinajstić information content (AvgIpc) is 2.50. The molecule has 0 aliphatic rings. The molecule has 2 aromatic rings. The minimum absolute atomic E-state index is 0.735. The molecule has 106 valence electrons. The molecule has 2 heteroatoms. The summed E-state index contributed by atoms with van der Waals surface area (Å²) in [5, 5.41) is 2.33. The van der Waals surface area contributed by atoms with Crippen molar-refractivity contribution >= 4 is 17.1 Å². The second kappa shape index (κ2) is 7.81. The third-order valence-electron chi connectivity index (χ3n) is 3.42. The van der Waals surface area contributed by atoms with Crippen LogP contribution in [0.2, 0.25) is 0 Å². The van der Waals surface area contributed by atoms with Crippen molar-refractivity contribution in [2.45, 2.75) is 32.6 Å². The van der Waals surface area contributed by atoms with Crippen molar-refractivity contribution in [2.24, 2.45) is 0 Å². The predicted molar refractivity (Wildman–Crippen MR) is 83.4 cm³/mol. The summed E-state index contributed by atoms with van der Waals surface area (Å²) in [6.07, 6.45) is 5.34. The molecular formula is C18H22O2. The Morgan fingerprint density at radius 1 is 1.00 bits per heavy atom. The summed E-state index contributed by atoms with van der Waals surface area (Å²) < 4.78 is 5.48. The summed E-state index contributed by atoms with van der Waals surface area (Å²) in [7, 11) is 0. The zero-order valence-electron chi connectivity index (χ0n) is 12.1. The highest BCUT2D eigenvalue weighted by molar-refractivity contribution is 5.89. The van der Waals surface area contributed by atoms with Crippen LogP contribution in [0.3, 0.4) is 0 Å². The number of unbranched alkanes of at least 4 members (excludes halogenated alkanes) is 1. The molecule has 2 nitrogen and oxygen atoms in total. The Kier molecular flexibility index (Phi) is 5.75. The van der Waals surface area contributed by atoms with Crippen molar-refractivity contribution in [1.29, 1.82) is 0 Å². The topological polar surface area (TPSA) is 26.3 Å². The maximum atomic E-state index is 10.8. The highest BCUT2D eigenvalue weighted by Crippen LogP contribution is 2.18. The lowest BCUT2D eigenvalue weighted by atomic mass is 10.0. The van der Waals surface area contributed by atoms with Gasteiger partial charge in [-0.05, 0) is 48.1 Å². The molecule has 0 amide bonds. The van der Waals surface area contributed by atoms with Gasteiger partial charge in [-0.3, -0.25) is 4.79 Å². The fraction of sp³-hybridized carbons (Fsp3) is 0.389. The van der Waals surface area contributed by atoms with Gasteiger partial charge in [0.2, 0.25) is 0 Å². The van der Waals surface area contributed by atoms with E-state index in [4.69, 9.17) is 4.74 Å². The fourth-order valence-electron chi connectivity index (χ4n) is 2.32. The van der Waals surface area contributed by atoms with Gasteiger partial charge in [-0.25, -0.2) is 0 Å². The molecule has 0 radical (unpaired) electrons. The molecule has 0 unspecified atom stereocenters. The number of fused-ring (bicyclic) bond motifs is 1. The van der Waals surface area contributed by atoms with Crippen LogP contribution in [0.1, 0.15) is 42.1 Å². The highest BCUT2D eigenvalue weighted by atomic mass is 16.5. The Hall–Kier alpha value is -1.67. The standard InChI is InChI=1S/C18H22O2/c1-2-10-20-11-4-3-5-15-6-8-18-13-16(14-19)7-9-17(18)12-15/h6-9,12-14H,2-5,10-11H2,1H3. The Balaban J connectivity index is 1.89. The monoisotopic (exact) mass is 270 g/mol. The van der Waals surface area contributed by atoms with E-state index in [1.165, 1.54) is 10.9 Å². The van der Waals surface area contributed by atoms with Gasteiger partial charge in [-0.1, -0.05) is 37.3 Å². The predicted octanol–water partition coefficient (Wildman–Crippen LogP) is 4.40. The Labute approximate surface area is 120 Å². The third kappa shape index (κ3) is 4.17. The van der Waals surface area contributed by atoms with Gasteiger partial charge in [-0.15, -0.1) is 0 Å². The number of carbonyl (C=O) groups is 1. The van der Waals surface area contributed by atoms with Gasteiger partial charge in [0, 0.05) is 18.8 Å². The normalized spacial score (nSPS) is 10.8. The van der Waals surface area contributed by atoms with Crippen molar-refractivity contribution in [3.63, 3.8) is 0 Å². The number of hydrogen-bond acceptors (Lipinski definition) is 2. The summed E-state index contributed by atoms with van der Waals surface area (Å²) in [6.45, 7) is 3.87. The molecule has 2 aromatic carbocycles. The van der Waals surface area contributed by atoms with Crippen LogP contribution in [-0.2, 0) is 11.2 Å². The lowest BCUT2D eigenvalue weighted by molar-refractivity contribution is 0.112. The lowest BCUT2D eigenvalue weighted by Gasteiger charge is -2.05. The molecule has 0 aromatic heterocycles. The Bertz CT molecular complexity index is 560. The minimum atomic E-state index is 0.735. The molecule has 0 fully saturated rings. The van der Waals surface area contributed by atoms with Crippen LogP contribution >= 0.6 is 0 Å². The number of ether oxygens (including phenoxy) is 1. The van der Waals surface area contributed by atoms with E-state index in [0.717, 1.165) is 56.1 Å². The van der Waals surface area contributed by atoms with E-state index in [2.05, 4.69) is 25.1 Å². The number of aryl methyl sites for hydroxylation is 1. The molecule has 0 spiro atoms. The largest absolute Gasteiger partial charge is 0.381 e. The summed E-state index contributed by atoms with van der Waals surface area (Å²) in [5.74, 6) is 0. The second-order valence-corrected chi connectivity index (χ2v) is 5.13. The van der Waals surface area contributed by atoms with Crippen LogP contribution in [0, 0.1) is 0 Å². The number of aldehydes is 1. The first kappa shape index (κ1) is 14.7. The quantitative estimate of drug-likeness (QED) is 0.525. The third-order valence-corrected chi connectivity index (χ3v) is 3.42. The van der Waals surface area contributed by atoms with Crippen LogP contribution in [0.5, 0.6) is 0 Å². The van der Waals surface area contributed by atoms with Gasteiger partial charge in [0.05, 0.1) is 0 Å². The van der Waals surface area contributed by atoms with Gasteiger partial charge >= 0.3 is 0 Å². The second-order valence-electron chi connectivity index (χ2n) is 5.13. The van der Waals surface area contributed by atoms with Crippen LogP contribution in [0.4, 0.5) is 0 Å². The summed E-state index contributed by atoms with van der Waals surface area (Å²) in [4.78, 5) is 10.8. The highest BCUT2D eigenvalue weighted by Gasteiger charge is 1.99. The molecular weight excluding hydrogens is 248 g/mol. The van der Waals surface area contributed by atoms with Crippen molar-refractivity contribution < 1.29 is 9.53 Å². The van der Waals surface area contributed by atoms with E-state index in [0.29, 0.717) is 0 Å². The number of benzene rings is 2. The van der Waals surface area contributed by atoms with Crippen LogP contribution in [-0.4, -0.2) is 19.5 Å². The number of carbonyl (C=O) groups excluding carboxylic acids is 1. The summed E-state index contributed by atoms with van der Waals surface area (Å²) >= 11 is 0. The molecule has 20 heavy (non-hydrogen) atoms. The fourth-order valence-corrected chi connectivity index (χ4v) is 2.32. The zero-order chi connectivity index (χ0) is 14.2. The first-order valence-corrected chi connectivity index (χ1v) is 7.39. The van der Waals surface area contributed by atoms with Crippen LogP contribution < -0.4 is 0 Å². The van der Waals surface area contributed by atoms with Gasteiger partial charge in [0.15, 0.2) is 0 Å². The number of rotatable bonds is 8. The lowest BCUT2D eigenvalue weighted by Crippen LogP contribution is -1.96. The zero-order valence-corrected chi connectivity index (χ0v) is 12.1. The molecule has 0 aliphatic heterocycles. The van der Waals surface area contributed by atoms with Crippen molar-refractivity contribution in [1.82, 2.24) is 0 Å². The van der Waals surface area contributed by atoms with E-state index in [9.17, 15) is 4.79 Å². The molecule has 0 saturated carbocycles. The summed E-state index contributed by atoms with van der Waals surface area (Å²) in [5.41, 5.74) is 2.09. The van der Waals surface area contributed by atoms with Gasteiger partial charge in [0.25, 0.3) is 0 Å². The minimum Gasteiger partial charge on any atom is -0.381 e. The Morgan fingerprint density at radius 3 is 2.60 bits per heavy atom. The average molecular weight is 270 g/mol. The molecule has 2 rings (SSSR count). The Morgan fingerprint density at radius 2 is 1.80 bits per heavy atom. The summed E-state index contributed by atoms with van der Waals surface area (Å²) in [6, 6.07) is 12.3. The van der Waals surface area contributed by atoms with Gasteiger partial charge in [-0.2, -0.15) is 0 Å². The van der Waals surface area contributed by atoms with Crippen LogP contribution in [0.25, 0.3) is 10.8 Å². The molecule has 0 bridgehead atoms. The van der Waals surface area contributed by atoms with E-state index >= 15 is 0 Å². The smallest absolute Gasteiger partial charge is 0.150 e. The molecule has 0 N–H and O–H groups in total. The van der Waals surface area contributed by atoms with E-state index in [1.807, 2.05) is 18.2 Å². The van der Waals surface area contributed by atoms with Crippen LogP contribution in [0.15, 0.2) is 36.4 Å². The molecule has 0 atom stereocenters. The first-order valence-electron chi connectivity index (χ1n) is 7.39. The van der Waals surface area contributed by atoms with E-state index in [1.54, 1.807) is 0 Å². The van der Waals surface area contributed by atoms with E-state index < -0.39 is 0 Å². The molecule has 0 heterocycles. The van der Waals surface area contributed by atoms with Gasteiger partial charge in [0.1, 0.15) is 6.29 Å². The maximum absolute atomic E-state index is 10.8. The van der Waals surface area contributed by atoms with Crippen molar-refractivity contribution in [3.8, 4) is 0 Å². The maximum Gasteiger partial charge on any atom is 0.150 e.